The average Bonchev–Trinajstić information content (AvgIpc) is 3.56. The number of anilines is 2. The van der Waals surface area contributed by atoms with Gasteiger partial charge < -0.3 is 15.4 Å². The number of alkyl halides is 3. The van der Waals surface area contributed by atoms with Crippen LogP contribution in [0.25, 0.3) is 16.3 Å². The molecule has 2 heterocycles. The molecule has 4 aromatic rings. The second-order valence-corrected chi connectivity index (χ2v) is 10.9. The van der Waals surface area contributed by atoms with Gasteiger partial charge in [0.25, 0.3) is 5.91 Å². The summed E-state index contributed by atoms with van der Waals surface area (Å²) in [7, 11) is 1.37. The van der Waals surface area contributed by atoms with E-state index in [1.165, 1.54) is 30.1 Å². The molecule has 2 aromatic heterocycles. The quantitative estimate of drug-likeness (QED) is 0.231. The summed E-state index contributed by atoms with van der Waals surface area (Å²) in [5.41, 5.74) is 1.50. The summed E-state index contributed by atoms with van der Waals surface area (Å²) in [5.74, 6) is -0.384. The average molecular weight is 587 g/mol. The van der Waals surface area contributed by atoms with Gasteiger partial charge in [-0.05, 0) is 61.1 Å². The summed E-state index contributed by atoms with van der Waals surface area (Å²) in [5, 5.41) is 14.0. The molecular formula is C28H29F3N6O3S. The van der Waals surface area contributed by atoms with Crippen molar-refractivity contribution in [2.45, 2.75) is 46.7 Å². The highest BCUT2D eigenvalue weighted by molar-refractivity contribution is 7.19. The van der Waals surface area contributed by atoms with E-state index in [4.69, 9.17) is 4.74 Å². The van der Waals surface area contributed by atoms with Gasteiger partial charge in [0.2, 0.25) is 5.91 Å². The van der Waals surface area contributed by atoms with Gasteiger partial charge in [-0.25, -0.2) is 9.67 Å². The fraction of sp³-hybridized carbons (Fsp3) is 0.321. The number of halogens is 3. The predicted molar refractivity (Wildman–Crippen MR) is 151 cm³/mol. The number of ether oxygens (including phenoxy) is 1. The second-order valence-electron chi connectivity index (χ2n) is 9.86. The summed E-state index contributed by atoms with van der Waals surface area (Å²) in [6.07, 6.45) is -0.350. The molecule has 2 N–H and O–H groups in total. The molecule has 0 bridgehead atoms. The minimum absolute atomic E-state index is 0.0589. The number of aromatic nitrogens is 4. The number of nitrogens with zero attached hydrogens (tertiary/aromatic N) is 4. The number of thiazole rings is 1. The molecular weight excluding hydrogens is 557 g/mol. The Balaban J connectivity index is 1.64. The number of carbonyl (C=O) groups is 2. The molecule has 2 amide bonds. The van der Waals surface area contributed by atoms with Crippen LogP contribution in [0.5, 0.6) is 5.75 Å². The first-order chi connectivity index (χ1) is 19.3. The van der Waals surface area contributed by atoms with Gasteiger partial charge in [-0.1, -0.05) is 36.5 Å². The maximum Gasteiger partial charge on any atom is 0.416 e. The van der Waals surface area contributed by atoms with Crippen molar-refractivity contribution >= 4 is 34.0 Å². The number of benzene rings is 2. The van der Waals surface area contributed by atoms with E-state index < -0.39 is 17.6 Å². The number of carbonyl (C=O) groups excluding carboxylic acids is 2. The molecule has 9 nitrogen and oxygen atoms in total. The lowest BCUT2D eigenvalue weighted by Gasteiger charge is -2.19. The molecule has 0 radical (unpaired) electrons. The first-order valence-corrected chi connectivity index (χ1v) is 13.5. The molecule has 0 fully saturated rings. The van der Waals surface area contributed by atoms with E-state index >= 15 is 0 Å². The van der Waals surface area contributed by atoms with Gasteiger partial charge in [-0.3, -0.25) is 9.59 Å². The van der Waals surface area contributed by atoms with Gasteiger partial charge in [-0.2, -0.15) is 13.2 Å². The van der Waals surface area contributed by atoms with E-state index in [-0.39, 0.29) is 28.8 Å². The first kappa shape index (κ1) is 29.7. The molecule has 0 saturated carbocycles. The molecule has 0 saturated heterocycles. The number of nitrogens with one attached hydrogen (secondary N) is 2. The Labute approximate surface area is 238 Å². The summed E-state index contributed by atoms with van der Waals surface area (Å²) in [6.45, 7) is 7.18. The normalized spacial score (nSPS) is 11.5. The van der Waals surface area contributed by atoms with E-state index in [0.29, 0.717) is 39.8 Å². The van der Waals surface area contributed by atoms with Crippen LogP contribution in [0.1, 0.15) is 54.2 Å². The molecule has 13 heteroatoms. The molecule has 0 aliphatic heterocycles. The van der Waals surface area contributed by atoms with Crippen LogP contribution in [0.2, 0.25) is 0 Å². The maximum atomic E-state index is 13.7. The number of aryl methyl sites for hydroxylation is 2. The summed E-state index contributed by atoms with van der Waals surface area (Å²) in [4.78, 5) is 29.4. The predicted octanol–water partition coefficient (Wildman–Crippen LogP) is 6.53. The van der Waals surface area contributed by atoms with Crippen molar-refractivity contribution in [3.8, 4) is 22.0 Å². The molecule has 4 rings (SSSR count). The number of amides is 2. The van der Waals surface area contributed by atoms with Crippen molar-refractivity contribution < 1.29 is 27.5 Å². The van der Waals surface area contributed by atoms with E-state index in [2.05, 4.69) is 25.9 Å². The zero-order chi connectivity index (χ0) is 29.9. The van der Waals surface area contributed by atoms with Crippen LogP contribution in [0.4, 0.5) is 24.0 Å². The van der Waals surface area contributed by atoms with Gasteiger partial charge >= 0.3 is 6.18 Å². The monoisotopic (exact) mass is 586 g/mol. The Hall–Kier alpha value is -4.26. The number of hydrogen-bond donors (Lipinski definition) is 2. The van der Waals surface area contributed by atoms with Crippen molar-refractivity contribution in [2.75, 3.05) is 17.7 Å². The standard InChI is InChI=1S/C28H29F3N6O3S/c1-15(2)6-8-18-10-20(28(29,30)31)12-21(25(18)40-5)34-26(39)19-9-7-16(3)23(11-19)37-14-22(35-36-37)24-13-32-27(41-24)33-17(4)38/h7,9-15H,6,8H2,1-5H3,(H,34,39)(H,32,33,38). The van der Waals surface area contributed by atoms with Crippen molar-refractivity contribution in [2.24, 2.45) is 5.92 Å². The van der Waals surface area contributed by atoms with Crippen molar-refractivity contribution in [1.29, 1.82) is 0 Å². The lowest BCUT2D eigenvalue weighted by Crippen LogP contribution is -2.16. The van der Waals surface area contributed by atoms with Crippen molar-refractivity contribution in [1.82, 2.24) is 20.0 Å². The Morgan fingerprint density at radius 2 is 1.90 bits per heavy atom. The van der Waals surface area contributed by atoms with Crippen LogP contribution in [0.15, 0.2) is 42.7 Å². The lowest BCUT2D eigenvalue weighted by molar-refractivity contribution is -0.137. The number of rotatable bonds is 9. The van der Waals surface area contributed by atoms with Gasteiger partial charge in [0.1, 0.15) is 11.4 Å². The SMILES string of the molecule is COc1c(CCC(C)C)cc(C(F)(F)F)cc1NC(=O)c1ccc(C)c(-n2cc(-c3cnc(NC(C)=O)s3)nn2)c1. The Morgan fingerprint density at radius 1 is 1.15 bits per heavy atom. The van der Waals surface area contributed by atoms with Crippen molar-refractivity contribution in [3.63, 3.8) is 0 Å². The first-order valence-electron chi connectivity index (χ1n) is 12.7. The third-order valence-corrected chi connectivity index (χ3v) is 7.12. The van der Waals surface area contributed by atoms with Crippen LogP contribution in [-0.4, -0.2) is 38.9 Å². The third kappa shape index (κ3) is 7.09. The number of hydrogen-bond acceptors (Lipinski definition) is 7. The minimum Gasteiger partial charge on any atom is -0.494 e. The Morgan fingerprint density at radius 3 is 2.56 bits per heavy atom. The topological polar surface area (TPSA) is 111 Å². The van der Waals surface area contributed by atoms with Crippen LogP contribution < -0.4 is 15.4 Å². The van der Waals surface area contributed by atoms with E-state index in [1.807, 2.05) is 20.8 Å². The van der Waals surface area contributed by atoms with Crippen LogP contribution in [-0.2, 0) is 17.4 Å². The van der Waals surface area contributed by atoms with E-state index in [9.17, 15) is 22.8 Å². The van der Waals surface area contributed by atoms with Crippen molar-refractivity contribution in [3.05, 3.63) is 65.0 Å². The van der Waals surface area contributed by atoms with Gasteiger partial charge in [-0.15, -0.1) is 5.10 Å². The molecule has 0 atom stereocenters. The summed E-state index contributed by atoms with van der Waals surface area (Å²) in [6, 6.07) is 6.83. The smallest absolute Gasteiger partial charge is 0.416 e. The zero-order valence-electron chi connectivity index (χ0n) is 23.1. The highest BCUT2D eigenvalue weighted by Crippen LogP contribution is 2.39. The maximum absolute atomic E-state index is 13.7. The molecule has 216 valence electrons. The van der Waals surface area contributed by atoms with Crippen LogP contribution in [0.3, 0.4) is 0 Å². The highest BCUT2D eigenvalue weighted by atomic mass is 32.1. The second kappa shape index (κ2) is 12.1. The molecule has 2 aromatic carbocycles. The van der Waals surface area contributed by atoms with Gasteiger partial charge in [0.05, 0.1) is 35.1 Å². The van der Waals surface area contributed by atoms with Crippen LogP contribution >= 0.6 is 11.3 Å². The molecule has 41 heavy (non-hydrogen) atoms. The Bertz CT molecular complexity index is 1580. The van der Waals surface area contributed by atoms with Gasteiger partial charge in [0.15, 0.2) is 5.13 Å². The number of methoxy groups -OCH3 is 1. The fourth-order valence-corrected chi connectivity index (χ4v) is 4.92. The summed E-state index contributed by atoms with van der Waals surface area (Å²) >= 11 is 1.23. The highest BCUT2D eigenvalue weighted by Gasteiger charge is 2.33. The molecule has 0 aliphatic carbocycles. The molecule has 0 aliphatic rings. The lowest BCUT2D eigenvalue weighted by atomic mass is 9.98. The van der Waals surface area contributed by atoms with Crippen LogP contribution in [0, 0.1) is 12.8 Å². The van der Waals surface area contributed by atoms with E-state index in [1.54, 1.807) is 30.6 Å². The third-order valence-electron chi connectivity index (χ3n) is 6.19. The minimum atomic E-state index is -4.60. The van der Waals surface area contributed by atoms with Gasteiger partial charge in [0, 0.05) is 18.7 Å². The Kier molecular flexibility index (Phi) is 8.76. The van der Waals surface area contributed by atoms with E-state index in [0.717, 1.165) is 17.7 Å². The molecule has 0 spiro atoms. The largest absolute Gasteiger partial charge is 0.494 e. The summed E-state index contributed by atoms with van der Waals surface area (Å²) < 4.78 is 48.1. The zero-order valence-corrected chi connectivity index (χ0v) is 23.9. The fourth-order valence-electron chi connectivity index (χ4n) is 4.10. The molecule has 0 unspecified atom stereocenters.